The molecule has 0 spiro atoms. The fourth-order valence-corrected chi connectivity index (χ4v) is 3.02. The molecule has 0 atom stereocenters. The number of hydrogen-bond donors (Lipinski definition) is 3. The first-order valence-electron chi connectivity index (χ1n) is 8.48. The van der Waals surface area contributed by atoms with Crippen LogP contribution in [0.4, 0.5) is 5.69 Å². The van der Waals surface area contributed by atoms with Gasteiger partial charge in [-0.3, -0.25) is 9.79 Å². The molecule has 7 nitrogen and oxygen atoms in total. The van der Waals surface area contributed by atoms with E-state index in [0.29, 0.717) is 49.0 Å². The zero-order chi connectivity index (χ0) is 18.5. The van der Waals surface area contributed by atoms with Gasteiger partial charge in [-0.05, 0) is 29.3 Å². The summed E-state index contributed by atoms with van der Waals surface area (Å²) in [6.07, 6.45) is 0. The molecule has 2 aromatic carbocycles. The molecule has 7 heteroatoms. The first kappa shape index (κ1) is 17.9. The summed E-state index contributed by atoms with van der Waals surface area (Å²) in [6.45, 7) is 2.48. The SMILES string of the molecule is NCN=C(N)c1c(N)cccc1-c1ccc(C(=O)N2CCOCC2)cc1. The Morgan fingerprint density at radius 2 is 1.81 bits per heavy atom. The number of nitrogens with two attached hydrogens (primary N) is 3. The highest BCUT2D eigenvalue weighted by molar-refractivity contribution is 6.08. The molecule has 0 aliphatic carbocycles. The van der Waals surface area contributed by atoms with Crippen molar-refractivity contribution in [3.8, 4) is 11.1 Å². The Balaban J connectivity index is 1.91. The topological polar surface area (TPSA) is 120 Å². The molecule has 26 heavy (non-hydrogen) atoms. The van der Waals surface area contributed by atoms with E-state index in [9.17, 15) is 4.79 Å². The van der Waals surface area contributed by atoms with Gasteiger partial charge in [0.2, 0.25) is 0 Å². The highest BCUT2D eigenvalue weighted by atomic mass is 16.5. The molecule has 0 aromatic heterocycles. The highest BCUT2D eigenvalue weighted by Gasteiger charge is 2.19. The normalized spacial score (nSPS) is 15.1. The van der Waals surface area contributed by atoms with Crippen LogP contribution in [-0.4, -0.2) is 49.6 Å². The number of nitrogen functional groups attached to an aromatic ring is 1. The van der Waals surface area contributed by atoms with Crippen LogP contribution in [0.25, 0.3) is 11.1 Å². The average molecular weight is 353 g/mol. The van der Waals surface area contributed by atoms with Crippen molar-refractivity contribution in [2.45, 2.75) is 0 Å². The second-order valence-electron chi connectivity index (χ2n) is 5.98. The van der Waals surface area contributed by atoms with E-state index in [2.05, 4.69) is 4.99 Å². The smallest absolute Gasteiger partial charge is 0.254 e. The van der Waals surface area contributed by atoms with Gasteiger partial charge in [-0.15, -0.1) is 0 Å². The quantitative estimate of drug-likeness (QED) is 0.431. The van der Waals surface area contributed by atoms with Gasteiger partial charge in [-0.2, -0.15) is 0 Å². The monoisotopic (exact) mass is 353 g/mol. The predicted octanol–water partition coefficient (Wildman–Crippen LogP) is 1.03. The summed E-state index contributed by atoms with van der Waals surface area (Å²) >= 11 is 0. The van der Waals surface area contributed by atoms with E-state index in [4.69, 9.17) is 21.9 Å². The van der Waals surface area contributed by atoms with Crippen LogP contribution in [-0.2, 0) is 4.74 Å². The summed E-state index contributed by atoms with van der Waals surface area (Å²) in [5.41, 5.74) is 21.2. The number of nitrogens with zero attached hydrogens (tertiary/aromatic N) is 2. The molecule has 1 amide bonds. The van der Waals surface area contributed by atoms with E-state index < -0.39 is 0 Å². The second kappa shape index (κ2) is 7.99. The molecule has 0 radical (unpaired) electrons. The molecule has 1 aliphatic rings. The Labute approximate surface area is 152 Å². The fourth-order valence-electron chi connectivity index (χ4n) is 3.02. The Bertz CT molecular complexity index is 811. The molecule has 3 rings (SSSR count). The van der Waals surface area contributed by atoms with Crippen LogP contribution >= 0.6 is 0 Å². The lowest BCUT2D eigenvalue weighted by molar-refractivity contribution is 0.0303. The van der Waals surface area contributed by atoms with Crippen molar-refractivity contribution in [1.82, 2.24) is 4.90 Å². The third-order valence-electron chi connectivity index (χ3n) is 4.36. The minimum atomic E-state index is 0.0110. The van der Waals surface area contributed by atoms with Gasteiger partial charge in [-0.25, -0.2) is 0 Å². The zero-order valence-electron chi connectivity index (χ0n) is 14.5. The van der Waals surface area contributed by atoms with Gasteiger partial charge >= 0.3 is 0 Å². The van der Waals surface area contributed by atoms with Crippen molar-refractivity contribution >= 4 is 17.4 Å². The molecule has 1 aliphatic heterocycles. The van der Waals surface area contributed by atoms with Crippen molar-refractivity contribution in [1.29, 1.82) is 0 Å². The number of amides is 1. The molecule has 2 aromatic rings. The molecule has 1 heterocycles. The van der Waals surface area contributed by atoms with Gasteiger partial charge in [0.15, 0.2) is 0 Å². The van der Waals surface area contributed by atoms with Crippen molar-refractivity contribution in [2.75, 3.05) is 38.7 Å². The largest absolute Gasteiger partial charge is 0.398 e. The molecule has 0 bridgehead atoms. The van der Waals surface area contributed by atoms with Crippen LogP contribution in [0.1, 0.15) is 15.9 Å². The van der Waals surface area contributed by atoms with Crippen LogP contribution in [0.15, 0.2) is 47.5 Å². The Morgan fingerprint density at radius 3 is 2.46 bits per heavy atom. The van der Waals surface area contributed by atoms with Gasteiger partial charge in [0.05, 0.1) is 19.9 Å². The molecule has 136 valence electrons. The van der Waals surface area contributed by atoms with Gasteiger partial charge in [0.25, 0.3) is 5.91 Å². The van der Waals surface area contributed by atoms with Crippen LogP contribution in [0.2, 0.25) is 0 Å². The summed E-state index contributed by atoms with van der Waals surface area (Å²) in [5.74, 6) is 0.311. The number of hydrogen-bond acceptors (Lipinski definition) is 5. The van der Waals surface area contributed by atoms with Gasteiger partial charge < -0.3 is 26.8 Å². The third kappa shape index (κ3) is 3.68. The lowest BCUT2D eigenvalue weighted by atomic mass is 9.96. The lowest BCUT2D eigenvalue weighted by Crippen LogP contribution is -2.40. The van der Waals surface area contributed by atoms with Gasteiger partial charge in [0, 0.05) is 29.9 Å². The summed E-state index contributed by atoms with van der Waals surface area (Å²) in [7, 11) is 0. The third-order valence-corrected chi connectivity index (χ3v) is 4.36. The van der Waals surface area contributed by atoms with Crippen LogP contribution in [0.5, 0.6) is 0 Å². The summed E-state index contributed by atoms with van der Waals surface area (Å²) in [4.78, 5) is 18.4. The van der Waals surface area contributed by atoms with E-state index in [1.165, 1.54) is 0 Å². The number of ether oxygens (including phenoxy) is 1. The number of carbonyl (C=O) groups excluding carboxylic acids is 1. The Kier molecular flexibility index (Phi) is 5.50. The number of anilines is 1. The van der Waals surface area contributed by atoms with Crippen molar-refractivity contribution in [3.63, 3.8) is 0 Å². The number of rotatable bonds is 4. The summed E-state index contributed by atoms with van der Waals surface area (Å²) in [5, 5.41) is 0. The lowest BCUT2D eigenvalue weighted by Gasteiger charge is -2.26. The molecule has 0 saturated carbocycles. The Hall–Kier alpha value is -2.90. The molecular formula is C19H23N5O2. The predicted molar refractivity (Wildman–Crippen MR) is 103 cm³/mol. The molecular weight excluding hydrogens is 330 g/mol. The number of aliphatic imine (C=N–C) groups is 1. The van der Waals surface area contributed by atoms with E-state index in [1.54, 1.807) is 11.0 Å². The minimum absolute atomic E-state index is 0.0110. The average Bonchev–Trinajstić information content (AvgIpc) is 2.68. The molecule has 1 saturated heterocycles. The Morgan fingerprint density at radius 1 is 1.12 bits per heavy atom. The maximum absolute atomic E-state index is 12.6. The first-order chi connectivity index (χ1) is 12.6. The minimum Gasteiger partial charge on any atom is -0.398 e. The summed E-state index contributed by atoms with van der Waals surface area (Å²) < 4.78 is 5.29. The maximum Gasteiger partial charge on any atom is 0.254 e. The standard InChI is InChI=1S/C19H23N5O2/c20-12-23-18(22)17-15(2-1-3-16(17)21)13-4-6-14(7-5-13)19(25)24-8-10-26-11-9-24/h1-7H,8-12,20-21H2,(H2,22,23). The van der Waals surface area contributed by atoms with E-state index >= 15 is 0 Å². The van der Waals surface area contributed by atoms with Gasteiger partial charge in [-0.1, -0.05) is 24.3 Å². The van der Waals surface area contributed by atoms with E-state index in [1.807, 2.05) is 36.4 Å². The van der Waals surface area contributed by atoms with Crippen molar-refractivity contribution in [3.05, 3.63) is 53.6 Å². The van der Waals surface area contributed by atoms with Gasteiger partial charge in [0.1, 0.15) is 5.84 Å². The molecule has 1 fully saturated rings. The second-order valence-corrected chi connectivity index (χ2v) is 5.98. The number of benzene rings is 2. The van der Waals surface area contributed by atoms with Crippen molar-refractivity contribution < 1.29 is 9.53 Å². The van der Waals surface area contributed by atoms with E-state index in [0.717, 1.165) is 11.1 Å². The maximum atomic E-state index is 12.6. The zero-order valence-corrected chi connectivity index (χ0v) is 14.5. The van der Waals surface area contributed by atoms with Crippen LogP contribution in [0.3, 0.4) is 0 Å². The van der Waals surface area contributed by atoms with E-state index in [-0.39, 0.29) is 12.6 Å². The van der Waals surface area contributed by atoms with Crippen molar-refractivity contribution in [2.24, 2.45) is 16.5 Å². The first-order valence-corrected chi connectivity index (χ1v) is 8.48. The number of carbonyl (C=O) groups is 1. The number of amidine groups is 1. The fraction of sp³-hybridized carbons (Fsp3) is 0.263. The van der Waals surface area contributed by atoms with Crippen LogP contribution < -0.4 is 17.2 Å². The molecule has 6 N–H and O–H groups in total. The molecule has 0 unspecified atom stereocenters. The number of morpholine rings is 1. The van der Waals surface area contributed by atoms with Crippen LogP contribution in [0, 0.1) is 0 Å². The highest BCUT2D eigenvalue weighted by Crippen LogP contribution is 2.28. The summed E-state index contributed by atoms with van der Waals surface area (Å²) in [6, 6.07) is 13.0.